The van der Waals surface area contributed by atoms with E-state index in [4.69, 9.17) is 9.47 Å². The molecule has 0 saturated heterocycles. The molecule has 0 radical (unpaired) electrons. The van der Waals surface area contributed by atoms with Gasteiger partial charge in [0, 0.05) is 19.0 Å². The lowest BCUT2D eigenvalue weighted by molar-refractivity contribution is -0.118. The number of methoxy groups -OCH3 is 1. The van der Waals surface area contributed by atoms with E-state index in [-0.39, 0.29) is 18.3 Å². The second-order valence-corrected chi connectivity index (χ2v) is 6.01. The third kappa shape index (κ3) is 6.58. The van der Waals surface area contributed by atoms with E-state index in [1.165, 1.54) is 14.0 Å². The largest absolute Gasteiger partial charge is 0.497 e. The maximum atomic E-state index is 12.2. The van der Waals surface area contributed by atoms with E-state index < -0.39 is 5.97 Å². The molecule has 0 atom stereocenters. The smallest absolute Gasteiger partial charge is 0.338 e. The Morgan fingerprint density at radius 1 is 1.00 bits per heavy atom. The van der Waals surface area contributed by atoms with Gasteiger partial charge in [-0.1, -0.05) is 30.3 Å². The van der Waals surface area contributed by atoms with Gasteiger partial charge in [-0.2, -0.15) is 0 Å². The van der Waals surface area contributed by atoms with Crippen molar-refractivity contribution < 1.29 is 23.9 Å². The molecule has 1 amide bonds. The lowest BCUT2D eigenvalue weighted by Crippen LogP contribution is -2.21. The molecule has 0 aliphatic heterocycles. The summed E-state index contributed by atoms with van der Waals surface area (Å²) in [7, 11) is 1.51. The molecule has 142 valence electrons. The van der Waals surface area contributed by atoms with E-state index in [0.717, 1.165) is 18.4 Å². The molecule has 0 aliphatic carbocycles. The molecule has 6 heteroatoms. The summed E-state index contributed by atoms with van der Waals surface area (Å²) >= 11 is 0. The number of esters is 1. The molecule has 0 unspecified atom stereocenters. The molecule has 0 aromatic heterocycles. The van der Waals surface area contributed by atoms with Crippen LogP contribution in [-0.4, -0.2) is 37.9 Å². The third-order valence-corrected chi connectivity index (χ3v) is 3.93. The lowest BCUT2D eigenvalue weighted by atomic mass is 10.1. The lowest BCUT2D eigenvalue weighted by Gasteiger charge is -2.07. The van der Waals surface area contributed by atoms with Crippen molar-refractivity contribution in [1.82, 2.24) is 5.32 Å². The second-order valence-electron chi connectivity index (χ2n) is 6.01. The van der Waals surface area contributed by atoms with Gasteiger partial charge in [-0.3, -0.25) is 9.59 Å². The van der Waals surface area contributed by atoms with Gasteiger partial charge in [0.15, 0.2) is 12.4 Å². The van der Waals surface area contributed by atoms with Gasteiger partial charge in [0.1, 0.15) is 5.75 Å². The number of nitrogens with one attached hydrogen (secondary N) is 1. The van der Waals surface area contributed by atoms with Gasteiger partial charge >= 0.3 is 5.97 Å². The fraction of sp³-hybridized carbons (Fsp3) is 0.286. The zero-order chi connectivity index (χ0) is 19.6. The fourth-order valence-corrected chi connectivity index (χ4v) is 2.46. The van der Waals surface area contributed by atoms with Crippen LogP contribution in [0.5, 0.6) is 5.75 Å². The van der Waals surface area contributed by atoms with Crippen molar-refractivity contribution in [3.05, 3.63) is 65.2 Å². The Labute approximate surface area is 158 Å². The molecule has 2 aromatic carbocycles. The van der Waals surface area contributed by atoms with Crippen molar-refractivity contribution in [2.24, 2.45) is 0 Å². The predicted octanol–water partition coefficient (Wildman–Crippen LogP) is 2.80. The van der Waals surface area contributed by atoms with Crippen molar-refractivity contribution >= 4 is 17.7 Å². The minimum absolute atomic E-state index is 0.0422. The van der Waals surface area contributed by atoms with Crippen LogP contribution >= 0.6 is 0 Å². The first kappa shape index (κ1) is 20.2. The summed E-state index contributed by atoms with van der Waals surface area (Å²) in [6, 6.07) is 13.7. The highest BCUT2D eigenvalue weighted by atomic mass is 16.5. The monoisotopic (exact) mass is 369 g/mol. The number of amides is 1. The summed E-state index contributed by atoms with van der Waals surface area (Å²) in [5.74, 6) is -0.336. The van der Waals surface area contributed by atoms with Gasteiger partial charge in [-0.25, -0.2) is 4.79 Å². The zero-order valence-corrected chi connectivity index (χ0v) is 15.5. The summed E-state index contributed by atoms with van der Waals surface area (Å²) in [5.41, 5.74) is 1.89. The van der Waals surface area contributed by atoms with Crippen LogP contribution in [0.1, 0.15) is 39.6 Å². The van der Waals surface area contributed by atoms with Gasteiger partial charge in [0.25, 0.3) is 0 Å². The number of carbonyl (C=O) groups is 3. The quantitative estimate of drug-likeness (QED) is 0.418. The minimum Gasteiger partial charge on any atom is -0.497 e. The van der Waals surface area contributed by atoms with Crippen LogP contribution < -0.4 is 10.1 Å². The van der Waals surface area contributed by atoms with Crippen molar-refractivity contribution in [2.75, 3.05) is 20.3 Å². The molecular weight excluding hydrogens is 346 g/mol. The van der Waals surface area contributed by atoms with Crippen LogP contribution in [0.25, 0.3) is 0 Å². The Morgan fingerprint density at radius 3 is 2.41 bits per heavy atom. The van der Waals surface area contributed by atoms with Gasteiger partial charge in [-0.05, 0) is 36.6 Å². The Kier molecular flexibility index (Phi) is 7.55. The highest BCUT2D eigenvalue weighted by Gasteiger charge is 2.12. The number of ether oxygens (including phenoxy) is 2. The van der Waals surface area contributed by atoms with E-state index in [1.54, 1.807) is 36.4 Å². The molecule has 0 spiro atoms. The number of aryl methyl sites for hydroxylation is 1. The van der Waals surface area contributed by atoms with E-state index >= 15 is 0 Å². The molecule has 0 bridgehead atoms. The van der Waals surface area contributed by atoms with Crippen LogP contribution in [0.15, 0.2) is 48.5 Å². The Bertz CT molecular complexity index is 798. The second kappa shape index (κ2) is 10.1. The minimum atomic E-state index is -0.572. The van der Waals surface area contributed by atoms with E-state index in [2.05, 4.69) is 5.32 Å². The van der Waals surface area contributed by atoms with Crippen LogP contribution in [-0.2, 0) is 16.0 Å². The Balaban J connectivity index is 1.83. The maximum Gasteiger partial charge on any atom is 0.338 e. The Hall–Kier alpha value is -3.15. The summed E-state index contributed by atoms with van der Waals surface area (Å²) in [4.78, 5) is 35.1. The molecule has 0 fully saturated rings. The van der Waals surface area contributed by atoms with Crippen molar-refractivity contribution in [1.29, 1.82) is 0 Å². The van der Waals surface area contributed by atoms with Crippen molar-refractivity contribution in [3.63, 3.8) is 0 Å². The Morgan fingerprint density at radius 2 is 1.74 bits per heavy atom. The molecule has 0 heterocycles. The number of hydrogen-bond acceptors (Lipinski definition) is 5. The van der Waals surface area contributed by atoms with Crippen LogP contribution in [0.4, 0.5) is 0 Å². The van der Waals surface area contributed by atoms with E-state index in [0.29, 0.717) is 23.4 Å². The fourth-order valence-electron chi connectivity index (χ4n) is 2.46. The first-order chi connectivity index (χ1) is 13.0. The summed E-state index contributed by atoms with van der Waals surface area (Å²) < 4.78 is 10.2. The van der Waals surface area contributed by atoms with Crippen molar-refractivity contribution in [2.45, 2.75) is 19.8 Å². The molecular formula is C21H23NO5. The summed E-state index contributed by atoms with van der Waals surface area (Å²) in [6.45, 7) is 1.79. The highest BCUT2D eigenvalue weighted by molar-refractivity contribution is 5.99. The number of benzene rings is 2. The standard InChI is InChI=1S/C21H23NO5/c1-15(23)22-12-4-5-16-8-10-17(11-9-16)20(24)14-27-21(25)18-6-3-7-19(13-18)26-2/h3,6-11,13H,4-5,12,14H2,1-2H3,(H,22,23). The number of carbonyl (C=O) groups excluding carboxylic acids is 3. The average Bonchev–Trinajstić information content (AvgIpc) is 2.69. The number of rotatable bonds is 9. The highest BCUT2D eigenvalue weighted by Crippen LogP contribution is 2.14. The summed E-state index contributed by atoms with van der Waals surface area (Å²) in [5, 5.41) is 2.74. The SMILES string of the molecule is COc1cccc(C(=O)OCC(=O)c2ccc(CCCNC(C)=O)cc2)c1. The maximum absolute atomic E-state index is 12.2. The molecule has 0 aliphatic rings. The molecule has 1 N–H and O–H groups in total. The number of ketones is 1. The summed E-state index contributed by atoms with van der Waals surface area (Å²) in [6.07, 6.45) is 1.63. The number of Topliss-reactive ketones (excluding diaryl/α,β-unsaturated/α-hetero) is 1. The van der Waals surface area contributed by atoms with Crippen molar-refractivity contribution in [3.8, 4) is 5.75 Å². The average molecular weight is 369 g/mol. The van der Waals surface area contributed by atoms with Crippen LogP contribution in [0.2, 0.25) is 0 Å². The predicted molar refractivity (Wildman–Crippen MR) is 101 cm³/mol. The van der Waals surface area contributed by atoms with Crippen LogP contribution in [0, 0.1) is 0 Å². The molecule has 2 rings (SSSR count). The molecule has 2 aromatic rings. The van der Waals surface area contributed by atoms with E-state index in [9.17, 15) is 14.4 Å². The van der Waals surface area contributed by atoms with Gasteiger partial charge in [0.05, 0.1) is 12.7 Å². The van der Waals surface area contributed by atoms with Gasteiger partial charge < -0.3 is 14.8 Å². The third-order valence-electron chi connectivity index (χ3n) is 3.93. The number of hydrogen-bond donors (Lipinski definition) is 1. The van der Waals surface area contributed by atoms with Crippen LogP contribution in [0.3, 0.4) is 0 Å². The first-order valence-corrected chi connectivity index (χ1v) is 8.67. The zero-order valence-electron chi connectivity index (χ0n) is 15.5. The van der Waals surface area contributed by atoms with Gasteiger partial charge in [0.2, 0.25) is 5.91 Å². The normalized spacial score (nSPS) is 10.1. The first-order valence-electron chi connectivity index (χ1n) is 8.67. The molecule has 27 heavy (non-hydrogen) atoms. The van der Waals surface area contributed by atoms with E-state index in [1.807, 2.05) is 12.1 Å². The molecule has 6 nitrogen and oxygen atoms in total. The van der Waals surface area contributed by atoms with Gasteiger partial charge in [-0.15, -0.1) is 0 Å². The molecule has 0 saturated carbocycles. The topological polar surface area (TPSA) is 81.7 Å².